The summed E-state index contributed by atoms with van der Waals surface area (Å²) in [6.45, 7) is 8.55. The third-order valence-corrected chi connectivity index (χ3v) is 3.90. The van der Waals surface area contributed by atoms with Gasteiger partial charge in [-0.15, -0.1) is 0 Å². The minimum absolute atomic E-state index is 0.400. The molecule has 0 aromatic carbocycles. The van der Waals surface area contributed by atoms with Crippen LogP contribution in [0.5, 0.6) is 0 Å². The van der Waals surface area contributed by atoms with Crippen molar-refractivity contribution in [3.63, 3.8) is 0 Å². The third kappa shape index (κ3) is 2.71. The van der Waals surface area contributed by atoms with Crippen molar-refractivity contribution >= 4 is 0 Å². The second-order valence-electron chi connectivity index (χ2n) is 4.85. The first-order chi connectivity index (χ1) is 6.62. The van der Waals surface area contributed by atoms with Crippen LogP contribution in [0.4, 0.5) is 0 Å². The molecule has 1 aliphatic heterocycles. The highest BCUT2D eigenvalue weighted by atomic mass is 16.3. The van der Waals surface area contributed by atoms with Gasteiger partial charge in [-0.1, -0.05) is 33.6 Å². The summed E-state index contributed by atoms with van der Waals surface area (Å²) in [6.07, 6.45) is 4.30. The van der Waals surface area contributed by atoms with Crippen LogP contribution in [0.1, 0.15) is 46.5 Å². The second kappa shape index (κ2) is 5.13. The van der Waals surface area contributed by atoms with Gasteiger partial charge in [0, 0.05) is 6.54 Å². The van der Waals surface area contributed by atoms with Crippen LogP contribution >= 0.6 is 0 Å². The van der Waals surface area contributed by atoms with E-state index in [0.29, 0.717) is 11.8 Å². The summed E-state index contributed by atoms with van der Waals surface area (Å²) < 4.78 is 0. The number of piperidine rings is 1. The van der Waals surface area contributed by atoms with E-state index in [4.69, 9.17) is 0 Å². The Kier molecular flexibility index (Phi) is 4.39. The van der Waals surface area contributed by atoms with E-state index in [0.717, 1.165) is 25.9 Å². The van der Waals surface area contributed by atoms with Gasteiger partial charge in [-0.2, -0.15) is 0 Å². The Morgan fingerprint density at radius 3 is 2.57 bits per heavy atom. The largest absolute Gasteiger partial charge is 0.390 e. The van der Waals surface area contributed by atoms with Crippen molar-refractivity contribution in [2.24, 2.45) is 11.8 Å². The fourth-order valence-electron chi connectivity index (χ4n) is 2.44. The lowest BCUT2D eigenvalue weighted by atomic mass is 9.75. The van der Waals surface area contributed by atoms with Crippen molar-refractivity contribution in [2.75, 3.05) is 13.1 Å². The summed E-state index contributed by atoms with van der Waals surface area (Å²) >= 11 is 0. The van der Waals surface area contributed by atoms with Crippen LogP contribution < -0.4 is 5.32 Å². The summed E-state index contributed by atoms with van der Waals surface area (Å²) in [5, 5.41) is 13.9. The van der Waals surface area contributed by atoms with E-state index in [-0.39, 0.29) is 0 Å². The fraction of sp³-hybridized carbons (Fsp3) is 1.00. The summed E-state index contributed by atoms with van der Waals surface area (Å²) in [4.78, 5) is 0. The van der Waals surface area contributed by atoms with Gasteiger partial charge >= 0.3 is 0 Å². The lowest BCUT2D eigenvalue weighted by Crippen LogP contribution is -2.49. The van der Waals surface area contributed by atoms with Crippen LogP contribution in [0.3, 0.4) is 0 Å². The molecule has 0 amide bonds. The molecule has 2 unspecified atom stereocenters. The van der Waals surface area contributed by atoms with Gasteiger partial charge < -0.3 is 10.4 Å². The van der Waals surface area contributed by atoms with Crippen LogP contribution in [0.15, 0.2) is 0 Å². The van der Waals surface area contributed by atoms with Gasteiger partial charge in [0.1, 0.15) is 0 Å². The molecule has 0 bridgehead atoms. The molecule has 1 rings (SSSR count). The van der Waals surface area contributed by atoms with Crippen molar-refractivity contribution in [2.45, 2.75) is 52.1 Å². The molecule has 0 saturated carbocycles. The normalized spacial score (nSPS) is 33.6. The summed E-state index contributed by atoms with van der Waals surface area (Å²) in [7, 11) is 0. The molecular weight excluding hydrogens is 174 g/mol. The van der Waals surface area contributed by atoms with Crippen LogP contribution in [-0.2, 0) is 0 Å². The molecule has 2 atom stereocenters. The van der Waals surface area contributed by atoms with Crippen molar-refractivity contribution in [1.82, 2.24) is 5.32 Å². The zero-order valence-corrected chi connectivity index (χ0v) is 9.84. The molecule has 1 heterocycles. The molecule has 0 aromatic heterocycles. The monoisotopic (exact) mass is 199 g/mol. The molecule has 0 radical (unpaired) electrons. The summed E-state index contributed by atoms with van der Waals surface area (Å²) in [5.41, 5.74) is -0.401. The van der Waals surface area contributed by atoms with Gasteiger partial charge in [0.05, 0.1) is 5.60 Å². The molecular formula is C12H25NO. The maximum absolute atomic E-state index is 10.5. The zero-order valence-electron chi connectivity index (χ0n) is 9.84. The molecule has 1 saturated heterocycles. The van der Waals surface area contributed by atoms with Crippen molar-refractivity contribution in [3.05, 3.63) is 0 Å². The van der Waals surface area contributed by atoms with E-state index in [9.17, 15) is 5.11 Å². The molecule has 2 nitrogen and oxygen atoms in total. The maximum atomic E-state index is 10.5. The average Bonchev–Trinajstić information content (AvgIpc) is 2.19. The standard InChI is InChI=1S/C12H25NO/c1-4-11(5-2)8-12(14)6-7-13-9-10(12)3/h10-11,13-14H,4-9H2,1-3H3. The Morgan fingerprint density at radius 1 is 1.43 bits per heavy atom. The lowest BCUT2D eigenvalue weighted by molar-refractivity contribution is -0.0532. The van der Waals surface area contributed by atoms with E-state index in [2.05, 4.69) is 26.1 Å². The number of hydrogen-bond acceptors (Lipinski definition) is 2. The highest BCUT2D eigenvalue weighted by Crippen LogP contribution is 2.32. The quantitative estimate of drug-likeness (QED) is 0.727. The fourth-order valence-corrected chi connectivity index (χ4v) is 2.44. The van der Waals surface area contributed by atoms with E-state index in [1.54, 1.807) is 0 Å². The SMILES string of the molecule is CCC(CC)CC1(O)CCNCC1C. The second-order valence-corrected chi connectivity index (χ2v) is 4.85. The van der Waals surface area contributed by atoms with Gasteiger partial charge in [0.15, 0.2) is 0 Å². The Balaban J connectivity index is 2.53. The smallest absolute Gasteiger partial charge is 0.0700 e. The first-order valence-corrected chi connectivity index (χ1v) is 6.05. The van der Waals surface area contributed by atoms with Gasteiger partial charge in [-0.05, 0) is 31.2 Å². The minimum atomic E-state index is -0.401. The third-order valence-electron chi connectivity index (χ3n) is 3.90. The van der Waals surface area contributed by atoms with Crippen LogP contribution in [0.25, 0.3) is 0 Å². The van der Waals surface area contributed by atoms with Gasteiger partial charge in [-0.3, -0.25) is 0 Å². The van der Waals surface area contributed by atoms with Gasteiger partial charge in [-0.25, -0.2) is 0 Å². The Morgan fingerprint density at radius 2 is 2.07 bits per heavy atom. The van der Waals surface area contributed by atoms with Crippen molar-refractivity contribution < 1.29 is 5.11 Å². The number of rotatable bonds is 4. The Labute approximate surface area is 88.1 Å². The molecule has 84 valence electrons. The van der Waals surface area contributed by atoms with Crippen LogP contribution in [0, 0.1) is 11.8 Å². The van der Waals surface area contributed by atoms with E-state index in [1.807, 2.05) is 0 Å². The van der Waals surface area contributed by atoms with Gasteiger partial charge in [0.25, 0.3) is 0 Å². The first kappa shape index (κ1) is 12.0. The van der Waals surface area contributed by atoms with Crippen molar-refractivity contribution in [1.29, 1.82) is 0 Å². The Hall–Kier alpha value is -0.0800. The average molecular weight is 199 g/mol. The molecule has 1 aliphatic rings. The molecule has 0 aliphatic carbocycles. The number of aliphatic hydroxyl groups is 1. The van der Waals surface area contributed by atoms with Crippen LogP contribution in [-0.4, -0.2) is 23.8 Å². The predicted molar refractivity (Wildman–Crippen MR) is 60.3 cm³/mol. The molecule has 0 spiro atoms. The van der Waals surface area contributed by atoms with Crippen molar-refractivity contribution in [3.8, 4) is 0 Å². The molecule has 0 aromatic rings. The highest BCUT2D eigenvalue weighted by molar-refractivity contribution is 4.91. The number of nitrogens with one attached hydrogen (secondary N) is 1. The molecule has 2 N–H and O–H groups in total. The maximum Gasteiger partial charge on any atom is 0.0700 e. The molecule has 2 heteroatoms. The lowest BCUT2D eigenvalue weighted by Gasteiger charge is -2.40. The summed E-state index contributed by atoms with van der Waals surface area (Å²) in [6, 6.07) is 0. The molecule has 1 fully saturated rings. The first-order valence-electron chi connectivity index (χ1n) is 6.05. The summed E-state index contributed by atoms with van der Waals surface area (Å²) in [5.74, 6) is 1.09. The highest BCUT2D eigenvalue weighted by Gasteiger charge is 2.37. The number of hydrogen-bond donors (Lipinski definition) is 2. The van der Waals surface area contributed by atoms with E-state index < -0.39 is 5.60 Å². The predicted octanol–water partition coefficient (Wildman–Crippen LogP) is 2.17. The Bertz CT molecular complexity index is 168. The van der Waals surface area contributed by atoms with Gasteiger partial charge in [0.2, 0.25) is 0 Å². The topological polar surface area (TPSA) is 32.3 Å². The minimum Gasteiger partial charge on any atom is -0.390 e. The van der Waals surface area contributed by atoms with E-state index >= 15 is 0 Å². The van der Waals surface area contributed by atoms with Crippen LogP contribution in [0.2, 0.25) is 0 Å². The zero-order chi connectivity index (χ0) is 10.6. The molecule has 14 heavy (non-hydrogen) atoms. The van der Waals surface area contributed by atoms with E-state index in [1.165, 1.54) is 12.8 Å².